The molecule has 1 amide bonds. The van der Waals surface area contributed by atoms with E-state index in [-0.39, 0.29) is 11.9 Å². The average molecular weight is 424 g/mol. The van der Waals surface area contributed by atoms with E-state index in [0.29, 0.717) is 18.1 Å². The Labute approximate surface area is 165 Å². The number of nitrogens with zero attached hydrogens (tertiary/aromatic N) is 3. The van der Waals surface area contributed by atoms with Crippen LogP contribution in [0.2, 0.25) is 0 Å². The highest BCUT2D eigenvalue weighted by Crippen LogP contribution is 2.35. The molecule has 0 fully saturated rings. The van der Waals surface area contributed by atoms with Gasteiger partial charge in [-0.05, 0) is 30.2 Å². The number of fused-ring (bicyclic) bond motifs is 1. The lowest BCUT2D eigenvalue weighted by Gasteiger charge is -2.28. The molecule has 0 saturated carbocycles. The summed E-state index contributed by atoms with van der Waals surface area (Å²) in [6.45, 7) is 2.36. The summed E-state index contributed by atoms with van der Waals surface area (Å²) in [5, 5.41) is 10.5. The summed E-state index contributed by atoms with van der Waals surface area (Å²) in [5.41, 5.74) is 3.42. The van der Waals surface area contributed by atoms with Crippen LogP contribution in [0.5, 0.6) is 0 Å². The molecule has 1 aliphatic heterocycles. The number of amides is 1. The van der Waals surface area contributed by atoms with Gasteiger partial charge in [0.15, 0.2) is 0 Å². The van der Waals surface area contributed by atoms with E-state index < -0.39 is 0 Å². The van der Waals surface area contributed by atoms with Crippen molar-refractivity contribution in [2.24, 2.45) is 0 Å². The fourth-order valence-corrected chi connectivity index (χ4v) is 3.48. The van der Waals surface area contributed by atoms with Crippen molar-refractivity contribution >= 4 is 27.8 Å². The maximum absolute atomic E-state index is 13.1. The second-order valence-corrected chi connectivity index (χ2v) is 7.23. The Morgan fingerprint density at radius 3 is 2.67 bits per heavy atom. The molecule has 2 N–H and O–H groups in total. The lowest BCUT2D eigenvalue weighted by molar-refractivity contribution is -0.118. The number of halogens is 1. The van der Waals surface area contributed by atoms with Crippen LogP contribution >= 0.6 is 15.9 Å². The van der Waals surface area contributed by atoms with Crippen LogP contribution in [0.25, 0.3) is 0 Å². The number of allylic oxidation sites excluding steroid dienone is 1. The van der Waals surface area contributed by atoms with Crippen LogP contribution in [0, 0.1) is 0 Å². The molecular weight excluding hydrogens is 406 g/mol. The van der Waals surface area contributed by atoms with E-state index in [4.69, 9.17) is 0 Å². The van der Waals surface area contributed by atoms with E-state index in [9.17, 15) is 4.79 Å². The van der Waals surface area contributed by atoms with Gasteiger partial charge in [-0.1, -0.05) is 58.4 Å². The average Bonchev–Trinajstić information content (AvgIpc) is 3.14. The van der Waals surface area contributed by atoms with Crippen LogP contribution in [-0.2, 0) is 11.3 Å². The molecule has 1 aliphatic rings. The second kappa shape index (κ2) is 7.36. The zero-order chi connectivity index (χ0) is 18.8. The molecular formula is C20H18BrN5O. The minimum atomic E-state index is -0.340. The molecule has 0 radical (unpaired) electrons. The molecule has 3 aromatic rings. The minimum Gasteiger partial charge on any atom is -0.348 e. The fraction of sp³-hybridized carbons (Fsp3) is 0.150. The highest BCUT2D eigenvalue weighted by atomic mass is 79.9. The topological polar surface area (TPSA) is 71.8 Å². The summed E-state index contributed by atoms with van der Waals surface area (Å²) in [4.78, 5) is 17.3. The minimum absolute atomic E-state index is 0.127. The summed E-state index contributed by atoms with van der Waals surface area (Å²) in [7, 11) is 0. The summed E-state index contributed by atoms with van der Waals surface area (Å²) < 4.78 is 2.72. The fourth-order valence-electron chi connectivity index (χ4n) is 3.21. The smallest absolute Gasteiger partial charge is 0.251 e. The number of hydrogen-bond acceptors (Lipinski definition) is 4. The van der Waals surface area contributed by atoms with E-state index in [2.05, 4.69) is 36.6 Å². The van der Waals surface area contributed by atoms with Crippen LogP contribution in [-0.4, -0.2) is 20.7 Å². The lowest BCUT2D eigenvalue weighted by atomic mass is 9.95. The Balaban J connectivity index is 1.67. The van der Waals surface area contributed by atoms with Gasteiger partial charge >= 0.3 is 0 Å². The van der Waals surface area contributed by atoms with Gasteiger partial charge in [-0.15, -0.1) is 0 Å². The molecule has 1 atom stereocenters. The van der Waals surface area contributed by atoms with Gasteiger partial charge in [0.05, 0.1) is 5.57 Å². The van der Waals surface area contributed by atoms with Gasteiger partial charge < -0.3 is 10.6 Å². The van der Waals surface area contributed by atoms with Crippen molar-refractivity contribution < 1.29 is 4.79 Å². The first kappa shape index (κ1) is 17.5. The number of carbonyl (C=O) groups excluding carboxylic acids is 1. The lowest BCUT2D eigenvalue weighted by Crippen LogP contribution is -2.34. The van der Waals surface area contributed by atoms with Crippen LogP contribution < -0.4 is 10.6 Å². The quantitative estimate of drug-likeness (QED) is 0.671. The Morgan fingerprint density at radius 2 is 1.93 bits per heavy atom. The number of carbonyl (C=O) groups is 1. The molecule has 0 saturated heterocycles. The van der Waals surface area contributed by atoms with Gasteiger partial charge in [0.2, 0.25) is 5.95 Å². The predicted octanol–water partition coefficient (Wildman–Crippen LogP) is 3.65. The van der Waals surface area contributed by atoms with E-state index in [1.165, 1.54) is 6.33 Å². The zero-order valence-corrected chi connectivity index (χ0v) is 16.3. The molecule has 0 bridgehead atoms. The molecule has 0 aliphatic carbocycles. The third-order valence-corrected chi connectivity index (χ3v) is 5.05. The molecule has 27 heavy (non-hydrogen) atoms. The number of rotatable bonds is 4. The SMILES string of the molecule is CC1=C(C(=O)NCc2ccccc2)[C@H](c2ccc(Br)cc2)n2ncnc2N1. The summed E-state index contributed by atoms with van der Waals surface area (Å²) in [6, 6.07) is 17.4. The molecule has 2 aromatic carbocycles. The molecule has 2 heterocycles. The number of anilines is 1. The van der Waals surface area contributed by atoms with Crippen molar-refractivity contribution in [1.29, 1.82) is 0 Å². The zero-order valence-electron chi connectivity index (χ0n) is 14.7. The van der Waals surface area contributed by atoms with Gasteiger partial charge in [-0.2, -0.15) is 10.1 Å². The van der Waals surface area contributed by atoms with Crippen molar-refractivity contribution in [3.05, 3.63) is 87.8 Å². The molecule has 7 heteroatoms. The first-order chi connectivity index (χ1) is 13.1. The van der Waals surface area contributed by atoms with Crippen molar-refractivity contribution in [2.45, 2.75) is 19.5 Å². The van der Waals surface area contributed by atoms with Crippen molar-refractivity contribution in [1.82, 2.24) is 20.1 Å². The Hall–Kier alpha value is -2.93. The monoisotopic (exact) mass is 423 g/mol. The van der Waals surface area contributed by atoms with E-state index in [1.807, 2.05) is 61.5 Å². The molecule has 0 spiro atoms. The van der Waals surface area contributed by atoms with Crippen LogP contribution in [0.3, 0.4) is 0 Å². The maximum Gasteiger partial charge on any atom is 0.251 e. The van der Waals surface area contributed by atoms with E-state index in [0.717, 1.165) is 21.3 Å². The molecule has 0 unspecified atom stereocenters. The Kier molecular flexibility index (Phi) is 4.77. The molecule has 6 nitrogen and oxygen atoms in total. The first-order valence-corrected chi connectivity index (χ1v) is 9.37. The summed E-state index contributed by atoms with van der Waals surface area (Å²) in [5.74, 6) is 0.498. The summed E-state index contributed by atoms with van der Waals surface area (Å²) in [6.07, 6.45) is 1.49. The third kappa shape index (κ3) is 3.50. The number of nitrogens with one attached hydrogen (secondary N) is 2. The highest BCUT2D eigenvalue weighted by molar-refractivity contribution is 9.10. The van der Waals surface area contributed by atoms with Crippen LogP contribution in [0.4, 0.5) is 5.95 Å². The normalized spacial score (nSPS) is 15.9. The summed E-state index contributed by atoms with van der Waals surface area (Å²) >= 11 is 3.46. The first-order valence-electron chi connectivity index (χ1n) is 8.58. The van der Waals surface area contributed by atoms with E-state index in [1.54, 1.807) is 4.68 Å². The van der Waals surface area contributed by atoms with Crippen LogP contribution in [0.15, 0.2) is 76.7 Å². The second-order valence-electron chi connectivity index (χ2n) is 6.31. The Morgan fingerprint density at radius 1 is 1.19 bits per heavy atom. The number of aromatic nitrogens is 3. The maximum atomic E-state index is 13.1. The van der Waals surface area contributed by atoms with Gasteiger partial charge in [0, 0.05) is 16.7 Å². The van der Waals surface area contributed by atoms with Crippen molar-refractivity contribution in [3.63, 3.8) is 0 Å². The van der Waals surface area contributed by atoms with Crippen LogP contribution in [0.1, 0.15) is 24.1 Å². The van der Waals surface area contributed by atoms with Gasteiger partial charge in [-0.3, -0.25) is 4.79 Å². The van der Waals surface area contributed by atoms with E-state index >= 15 is 0 Å². The molecule has 1 aromatic heterocycles. The van der Waals surface area contributed by atoms with Gasteiger partial charge in [0.1, 0.15) is 12.4 Å². The molecule has 4 rings (SSSR count). The Bertz CT molecular complexity index is 995. The number of benzene rings is 2. The standard InChI is InChI=1S/C20H18BrN5O/c1-13-17(19(27)22-11-14-5-3-2-4-6-14)18(15-7-9-16(21)10-8-15)26-20(25-13)23-12-24-26/h2-10,12,18H,11H2,1H3,(H,22,27)(H,23,24,25)/t18-/m0/s1. The largest absolute Gasteiger partial charge is 0.348 e. The van der Waals surface area contributed by atoms with Gasteiger partial charge in [-0.25, -0.2) is 4.68 Å². The number of hydrogen-bond donors (Lipinski definition) is 2. The predicted molar refractivity (Wildman–Crippen MR) is 107 cm³/mol. The van der Waals surface area contributed by atoms with Gasteiger partial charge in [0.25, 0.3) is 5.91 Å². The molecule has 136 valence electrons. The third-order valence-electron chi connectivity index (χ3n) is 4.52. The van der Waals surface area contributed by atoms with Crippen molar-refractivity contribution in [3.8, 4) is 0 Å². The van der Waals surface area contributed by atoms with Crippen molar-refractivity contribution in [2.75, 3.05) is 5.32 Å². The highest BCUT2D eigenvalue weighted by Gasteiger charge is 2.33.